The number of hydrogen-bond acceptors (Lipinski definition) is 3. The molecule has 0 radical (unpaired) electrons. The molecule has 2 bridgehead atoms. The molecule has 7 heteroatoms. The van der Waals surface area contributed by atoms with Crippen LogP contribution in [0.1, 0.15) is 26.2 Å². The molecule has 3 atom stereocenters. The lowest BCUT2D eigenvalue weighted by Gasteiger charge is -2.30. The Kier molecular flexibility index (Phi) is 5.81. The molecule has 1 aromatic carbocycles. The van der Waals surface area contributed by atoms with Crippen LogP contribution >= 0.6 is 12.4 Å². The Morgan fingerprint density at radius 3 is 2.74 bits per heavy atom. The van der Waals surface area contributed by atoms with Gasteiger partial charge in [0.2, 0.25) is 0 Å². The fourth-order valence-corrected chi connectivity index (χ4v) is 3.36. The highest BCUT2D eigenvalue weighted by Crippen LogP contribution is 2.29. The first-order chi connectivity index (χ1) is 10.6. The Labute approximate surface area is 140 Å². The van der Waals surface area contributed by atoms with Gasteiger partial charge in [-0.2, -0.15) is 0 Å². The van der Waals surface area contributed by atoms with Gasteiger partial charge < -0.3 is 15.0 Å². The number of carbonyl (C=O) groups excluding carboxylic acids is 1. The summed E-state index contributed by atoms with van der Waals surface area (Å²) in [4.78, 5) is 14.6. The van der Waals surface area contributed by atoms with Gasteiger partial charge in [-0.15, -0.1) is 12.4 Å². The molecule has 3 unspecified atom stereocenters. The van der Waals surface area contributed by atoms with Crippen molar-refractivity contribution < 1.29 is 18.3 Å². The van der Waals surface area contributed by atoms with E-state index in [1.807, 2.05) is 4.90 Å². The zero-order valence-corrected chi connectivity index (χ0v) is 13.7. The topological polar surface area (TPSA) is 41.6 Å². The number of rotatable bonds is 3. The molecule has 2 fully saturated rings. The summed E-state index contributed by atoms with van der Waals surface area (Å²) in [5.74, 6) is -1.82. The lowest BCUT2D eigenvalue weighted by Crippen LogP contribution is -2.48. The summed E-state index contributed by atoms with van der Waals surface area (Å²) in [5.41, 5.74) is 0. The summed E-state index contributed by atoms with van der Waals surface area (Å²) < 4.78 is 31.7. The van der Waals surface area contributed by atoms with E-state index in [-0.39, 0.29) is 36.1 Å². The fraction of sp³-hybridized carbons (Fsp3) is 0.562. The lowest BCUT2D eigenvalue weighted by atomic mass is 10.1. The number of fused-ring (bicyclic) bond motifs is 2. The summed E-state index contributed by atoms with van der Waals surface area (Å²) in [6.45, 7) is 3.38. The Hall–Kier alpha value is -1.40. The first-order valence-electron chi connectivity index (χ1n) is 7.71. The number of carbonyl (C=O) groups is 1. The number of ether oxygens (including phenoxy) is 1. The molecule has 23 heavy (non-hydrogen) atoms. The summed E-state index contributed by atoms with van der Waals surface area (Å²) >= 11 is 0. The van der Waals surface area contributed by atoms with Crippen LogP contribution in [0.2, 0.25) is 0 Å². The van der Waals surface area contributed by atoms with E-state index in [2.05, 4.69) is 5.32 Å². The fourth-order valence-electron chi connectivity index (χ4n) is 3.36. The van der Waals surface area contributed by atoms with Gasteiger partial charge in [-0.3, -0.25) is 4.79 Å². The Balaban J connectivity index is 0.00000192. The van der Waals surface area contributed by atoms with Gasteiger partial charge in [0, 0.05) is 24.7 Å². The number of nitrogens with one attached hydrogen (secondary N) is 1. The number of benzene rings is 1. The molecule has 2 heterocycles. The average molecular weight is 347 g/mol. The minimum Gasteiger partial charge on any atom is -0.481 e. The van der Waals surface area contributed by atoms with Gasteiger partial charge in [0.1, 0.15) is 5.75 Å². The second kappa shape index (κ2) is 7.45. The largest absolute Gasteiger partial charge is 0.481 e. The molecule has 2 aliphatic rings. The molecule has 4 nitrogen and oxygen atoms in total. The highest BCUT2D eigenvalue weighted by molar-refractivity contribution is 5.85. The minimum absolute atomic E-state index is 0. The van der Waals surface area contributed by atoms with E-state index in [9.17, 15) is 13.6 Å². The van der Waals surface area contributed by atoms with Crippen LogP contribution in [0, 0.1) is 11.6 Å². The van der Waals surface area contributed by atoms with Crippen molar-refractivity contribution in [3.8, 4) is 5.75 Å². The molecule has 0 spiro atoms. The predicted octanol–water partition coefficient (Wildman–Crippen LogP) is 2.51. The third-order valence-corrected chi connectivity index (χ3v) is 4.46. The van der Waals surface area contributed by atoms with Crippen LogP contribution in [0.4, 0.5) is 8.78 Å². The van der Waals surface area contributed by atoms with Crippen LogP contribution < -0.4 is 10.1 Å². The Morgan fingerprint density at radius 1 is 1.26 bits per heavy atom. The van der Waals surface area contributed by atoms with Crippen LogP contribution in [-0.2, 0) is 4.79 Å². The van der Waals surface area contributed by atoms with Crippen molar-refractivity contribution in [3.05, 3.63) is 29.8 Å². The Bertz CT molecular complexity index is 559. The van der Waals surface area contributed by atoms with Gasteiger partial charge in [0.15, 0.2) is 17.7 Å². The van der Waals surface area contributed by atoms with Crippen LogP contribution in [0.3, 0.4) is 0 Å². The van der Waals surface area contributed by atoms with Crippen molar-refractivity contribution in [3.63, 3.8) is 0 Å². The minimum atomic E-state index is -0.976. The van der Waals surface area contributed by atoms with Gasteiger partial charge in [-0.05, 0) is 44.9 Å². The van der Waals surface area contributed by atoms with Crippen molar-refractivity contribution >= 4 is 18.3 Å². The summed E-state index contributed by atoms with van der Waals surface area (Å²) in [6.07, 6.45) is 2.25. The van der Waals surface area contributed by atoms with E-state index >= 15 is 0 Å². The number of nitrogens with zero attached hydrogens (tertiary/aromatic N) is 1. The maximum absolute atomic E-state index is 13.2. The van der Waals surface area contributed by atoms with Crippen LogP contribution in [0.15, 0.2) is 18.2 Å². The molecular formula is C16H21ClF2N2O2. The smallest absolute Gasteiger partial charge is 0.263 e. The van der Waals surface area contributed by atoms with Gasteiger partial charge in [-0.25, -0.2) is 8.78 Å². The van der Waals surface area contributed by atoms with Crippen LogP contribution in [-0.4, -0.2) is 42.1 Å². The standard InChI is InChI=1S/C16H20F2N2O2.ClH/c1-10(22-13-4-5-14(17)15(18)8-13)16(21)20-11-2-3-12(20)9-19-7-6-11;/h4-5,8,10-12,19H,2-3,6-7,9H2,1H3;1H. The first kappa shape index (κ1) is 17.9. The number of hydrogen-bond donors (Lipinski definition) is 1. The van der Waals surface area contributed by atoms with Crippen molar-refractivity contribution in [2.75, 3.05) is 13.1 Å². The predicted molar refractivity (Wildman–Crippen MR) is 84.8 cm³/mol. The molecule has 1 amide bonds. The first-order valence-corrected chi connectivity index (χ1v) is 7.71. The van der Waals surface area contributed by atoms with E-state index in [1.165, 1.54) is 6.07 Å². The average Bonchev–Trinajstić information content (AvgIpc) is 2.75. The second-order valence-corrected chi connectivity index (χ2v) is 5.96. The molecule has 0 aromatic heterocycles. The van der Waals surface area contributed by atoms with E-state index in [0.717, 1.165) is 44.5 Å². The highest BCUT2D eigenvalue weighted by Gasteiger charge is 2.40. The maximum atomic E-state index is 13.2. The van der Waals surface area contributed by atoms with E-state index < -0.39 is 17.7 Å². The van der Waals surface area contributed by atoms with Crippen molar-refractivity contribution in [1.82, 2.24) is 10.2 Å². The third kappa shape index (κ3) is 3.75. The monoisotopic (exact) mass is 346 g/mol. The summed E-state index contributed by atoms with van der Waals surface area (Å²) in [6, 6.07) is 3.76. The maximum Gasteiger partial charge on any atom is 0.263 e. The van der Waals surface area contributed by atoms with Gasteiger partial charge in [0.25, 0.3) is 5.91 Å². The van der Waals surface area contributed by atoms with Crippen LogP contribution in [0.25, 0.3) is 0 Å². The number of halogens is 3. The third-order valence-electron chi connectivity index (χ3n) is 4.46. The second-order valence-electron chi connectivity index (χ2n) is 5.96. The van der Waals surface area contributed by atoms with Crippen molar-refractivity contribution in [2.24, 2.45) is 0 Å². The van der Waals surface area contributed by atoms with Gasteiger partial charge >= 0.3 is 0 Å². The lowest BCUT2D eigenvalue weighted by molar-refractivity contribution is -0.140. The van der Waals surface area contributed by atoms with E-state index in [0.29, 0.717) is 0 Å². The van der Waals surface area contributed by atoms with Gasteiger partial charge in [-0.1, -0.05) is 0 Å². The molecule has 0 saturated carbocycles. The van der Waals surface area contributed by atoms with Gasteiger partial charge in [0.05, 0.1) is 0 Å². The molecule has 0 aliphatic carbocycles. The zero-order chi connectivity index (χ0) is 15.7. The summed E-state index contributed by atoms with van der Waals surface area (Å²) in [5, 5.41) is 3.34. The van der Waals surface area contributed by atoms with Crippen molar-refractivity contribution in [2.45, 2.75) is 44.4 Å². The highest BCUT2D eigenvalue weighted by atomic mass is 35.5. The van der Waals surface area contributed by atoms with E-state index in [4.69, 9.17) is 4.74 Å². The SMILES string of the molecule is CC(Oc1ccc(F)c(F)c1)C(=O)N1C2CCNCC1CC2.Cl. The molecular weight excluding hydrogens is 326 g/mol. The molecule has 128 valence electrons. The zero-order valence-electron chi connectivity index (χ0n) is 12.9. The molecule has 2 aliphatic heterocycles. The molecule has 1 aromatic rings. The van der Waals surface area contributed by atoms with Crippen molar-refractivity contribution in [1.29, 1.82) is 0 Å². The summed E-state index contributed by atoms with van der Waals surface area (Å²) in [7, 11) is 0. The normalized spacial score (nSPS) is 24.6. The quantitative estimate of drug-likeness (QED) is 0.914. The molecule has 1 N–H and O–H groups in total. The molecule has 2 saturated heterocycles. The van der Waals surface area contributed by atoms with E-state index in [1.54, 1.807) is 6.92 Å². The number of amides is 1. The van der Waals surface area contributed by atoms with Crippen LogP contribution in [0.5, 0.6) is 5.75 Å². The molecule has 3 rings (SSSR count). The Morgan fingerprint density at radius 2 is 2.00 bits per heavy atom.